The van der Waals surface area contributed by atoms with Crippen molar-refractivity contribution in [2.45, 2.75) is 18.2 Å². The zero-order valence-electron chi connectivity index (χ0n) is 20.3. The van der Waals surface area contributed by atoms with E-state index in [9.17, 15) is 13.2 Å². The zero-order valence-corrected chi connectivity index (χ0v) is 21.9. The molecule has 4 aromatic rings. The maximum Gasteiger partial charge on any atom is 0.240 e. The topological polar surface area (TPSA) is 125 Å². The van der Waals surface area contributed by atoms with E-state index in [1.165, 1.54) is 12.1 Å². The van der Waals surface area contributed by atoms with Crippen LogP contribution in [-0.2, 0) is 21.2 Å². The number of carbonyl (C=O) groups is 1. The molecule has 0 fully saturated rings. The fourth-order valence-corrected chi connectivity index (χ4v) is 5.17. The molecule has 0 spiro atoms. The van der Waals surface area contributed by atoms with Gasteiger partial charge in [-0.1, -0.05) is 19.1 Å². The number of thiophene rings is 1. The van der Waals surface area contributed by atoms with Crippen molar-refractivity contribution in [3.63, 3.8) is 0 Å². The Hall–Kier alpha value is -3.64. The number of hydrogen-bond donors (Lipinski definition) is 4. The van der Waals surface area contributed by atoms with E-state index in [4.69, 9.17) is 0 Å². The highest BCUT2D eigenvalue weighted by Gasteiger charge is 2.13. The molecule has 1 amide bonds. The highest BCUT2D eigenvalue weighted by atomic mass is 32.2. The van der Waals surface area contributed by atoms with E-state index in [-0.39, 0.29) is 10.8 Å². The number of benzene rings is 2. The number of rotatable bonds is 12. The number of sulfonamides is 1. The lowest BCUT2D eigenvalue weighted by atomic mass is 10.1. The van der Waals surface area contributed by atoms with Crippen LogP contribution in [0.25, 0.3) is 11.3 Å². The van der Waals surface area contributed by atoms with E-state index in [0.29, 0.717) is 42.5 Å². The third-order valence-corrected chi connectivity index (χ3v) is 7.54. The molecule has 37 heavy (non-hydrogen) atoms. The fourth-order valence-electron chi connectivity index (χ4n) is 3.47. The molecule has 0 radical (unpaired) electrons. The molecule has 2 aromatic heterocycles. The summed E-state index contributed by atoms with van der Waals surface area (Å²) in [5, 5.41) is 13.0. The second-order valence-corrected chi connectivity index (χ2v) is 10.6. The van der Waals surface area contributed by atoms with Crippen LogP contribution in [0.5, 0.6) is 0 Å². The molecule has 0 aliphatic carbocycles. The monoisotopic (exact) mass is 536 g/mol. The molecule has 0 saturated heterocycles. The zero-order chi connectivity index (χ0) is 26.1. The van der Waals surface area contributed by atoms with Crippen LogP contribution in [0.4, 0.5) is 17.3 Å². The third-order valence-electron chi connectivity index (χ3n) is 5.33. The van der Waals surface area contributed by atoms with Crippen molar-refractivity contribution < 1.29 is 13.2 Å². The first kappa shape index (κ1) is 26.4. The summed E-state index contributed by atoms with van der Waals surface area (Å²) in [6, 6.07) is 17.6. The van der Waals surface area contributed by atoms with Gasteiger partial charge in [-0.3, -0.25) is 4.79 Å². The minimum atomic E-state index is -3.57. The molecule has 4 N–H and O–H groups in total. The van der Waals surface area contributed by atoms with Crippen molar-refractivity contribution in [1.29, 1.82) is 0 Å². The van der Waals surface area contributed by atoms with E-state index in [1.807, 2.05) is 48.0 Å². The number of nitrogens with one attached hydrogen (secondary N) is 4. The van der Waals surface area contributed by atoms with Gasteiger partial charge >= 0.3 is 0 Å². The lowest BCUT2D eigenvalue weighted by Crippen LogP contribution is -2.31. The molecule has 0 aliphatic rings. The predicted octanol–water partition coefficient (Wildman–Crippen LogP) is 4.02. The summed E-state index contributed by atoms with van der Waals surface area (Å²) in [6.07, 6.45) is 1.99. The quantitative estimate of drug-likeness (QED) is 0.202. The lowest BCUT2D eigenvalue weighted by molar-refractivity contribution is -0.115. The Kier molecular flexibility index (Phi) is 8.96. The standard InChI is InChI=1S/C26H28N6O3S2/c1-2-27-14-15-29-37(34,35)23-9-7-22(8-10-23)31-26-28-13-11-24(32-26)20-3-5-21(6-4-20)30-25(33)17-19-12-16-36-18-19/h3-13,16,18,27,29H,2,14-15,17H2,1H3,(H,30,33)(H,28,31,32). The molecule has 0 atom stereocenters. The summed E-state index contributed by atoms with van der Waals surface area (Å²) in [6.45, 7) is 3.63. The Balaban J connectivity index is 1.36. The normalized spacial score (nSPS) is 11.3. The molecule has 2 heterocycles. The van der Waals surface area contributed by atoms with Crippen LogP contribution < -0.4 is 20.7 Å². The minimum Gasteiger partial charge on any atom is -0.326 e. The van der Waals surface area contributed by atoms with Crippen LogP contribution in [0.15, 0.2) is 82.5 Å². The summed E-state index contributed by atoms with van der Waals surface area (Å²) in [4.78, 5) is 21.2. The average molecular weight is 537 g/mol. The van der Waals surface area contributed by atoms with E-state index in [2.05, 4.69) is 30.6 Å². The number of carbonyl (C=O) groups excluding carboxylic acids is 1. The summed E-state index contributed by atoms with van der Waals surface area (Å²) in [7, 11) is -3.57. The Morgan fingerprint density at radius 2 is 1.70 bits per heavy atom. The fraction of sp³-hybridized carbons (Fsp3) is 0.192. The van der Waals surface area contributed by atoms with Gasteiger partial charge in [0.25, 0.3) is 0 Å². The maximum atomic E-state index is 12.4. The number of amides is 1. The first-order valence-electron chi connectivity index (χ1n) is 11.7. The van der Waals surface area contributed by atoms with Crippen molar-refractivity contribution in [2.24, 2.45) is 0 Å². The van der Waals surface area contributed by atoms with Gasteiger partial charge in [-0.2, -0.15) is 11.3 Å². The van der Waals surface area contributed by atoms with E-state index in [0.717, 1.165) is 17.7 Å². The number of nitrogens with zero attached hydrogens (tertiary/aromatic N) is 2. The second-order valence-electron chi connectivity index (χ2n) is 8.10. The number of anilines is 3. The highest BCUT2D eigenvalue weighted by Crippen LogP contribution is 2.22. The van der Waals surface area contributed by atoms with Gasteiger partial charge in [-0.15, -0.1) is 0 Å². The smallest absolute Gasteiger partial charge is 0.240 e. The van der Waals surface area contributed by atoms with Gasteiger partial charge in [0.15, 0.2) is 0 Å². The minimum absolute atomic E-state index is 0.0669. The van der Waals surface area contributed by atoms with Gasteiger partial charge in [-0.25, -0.2) is 23.1 Å². The maximum absolute atomic E-state index is 12.4. The molecule has 192 valence electrons. The number of aromatic nitrogens is 2. The number of hydrogen-bond acceptors (Lipinski definition) is 8. The molecule has 0 saturated carbocycles. The van der Waals surface area contributed by atoms with Crippen LogP contribution >= 0.6 is 11.3 Å². The summed E-state index contributed by atoms with van der Waals surface area (Å²) in [5.41, 5.74) is 3.94. The Labute approximate surface area is 220 Å². The highest BCUT2D eigenvalue weighted by molar-refractivity contribution is 7.89. The first-order chi connectivity index (χ1) is 17.9. The van der Waals surface area contributed by atoms with E-state index >= 15 is 0 Å². The van der Waals surface area contributed by atoms with Crippen molar-refractivity contribution in [1.82, 2.24) is 20.0 Å². The first-order valence-corrected chi connectivity index (χ1v) is 14.2. The van der Waals surface area contributed by atoms with Crippen molar-refractivity contribution in [3.8, 4) is 11.3 Å². The lowest BCUT2D eigenvalue weighted by Gasteiger charge is -2.10. The molecule has 0 aliphatic heterocycles. The Bertz CT molecular complexity index is 1410. The molecule has 11 heteroatoms. The van der Waals surface area contributed by atoms with Crippen molar-refractivity contribution in [3.05, 3.63) is 83.2 Å². The average Bonchev–Trinajstić information content (AvgIpc) is 3.40. The second kappa shape index (κ2) is 12.5. The van der Waals surface area contributed by atoms with Gasteiger partial charge in [0.1, 0.15) is 0 Å². The summed E-state index contributed by atoms with van der Waals surface area (Å²) < 4.78 is 27.4. The third kappa shape index (κ3) is 7.67. The van der Waals surface area contributed by atoms with Crippen LogP contribution in [0.3, 0.4) is 0 Å². The van der Waals surface area contributed by atoms with E-state index in [1.54, 1.807) is 35.7 Å². The Morgan fingerprint density at radius 3 is 2.41 bits per heavy atom. The van der Waals surface area contributed by atoms with E-state index < -0.39 is 10.0 Å². The molecule has 9 nitrogen and oxygen atoms in total. The SMILES string of the molecule is CCNCCNS(=O)(=O)c1ccc(Nc2nccc(-c3ccc(NC(=O)Cc4ccsc4)cc3)n2)cc1. The summed E-state index contributed by atoms with van der Waals surface area (Å²) >= 11 is 1.57. The molecule has 0 unspecified atom stereocenters. The van der Waals surface area contributed by atoms with Crippen LogP contribution in [0, 0.1) is 0 Å². The predicted molar refractivity (Wildman–Crippen MR) is 148 cm³/mol. The van der Waals surface area contributed by atoms with Crippen molar-refractivity contribution >= 4 is 44.6 Å². The molecule has 4 rings (SSSR count). The van der Waals surface area contributed by atoms with Gasteiger partial charge in [-0.05, 0) is 71.4 Å². The van der Waals surface area contributed by atoms with Crippen LogP contribution in [0.2, 0.25) is 0 Å². The van der Waals surface area contributed by atoms with Crippen LogP contribution in [-0.4, -0.2) is 43.9 Å². The summed E-state index contributed by atoms with van der Waals surface area (Å²) in [5.74, 6) is 0.313. The molecular weight excluding hydrogens is 508 g/mol. The molecule has 0 bridgehead atoms. The van der Waals surface area contributed by atoms with Gasteiger partial charge < -0.3 is 16.0 Å². The number of likely N-dealkylation sites (N-methyl/N-ethyl adjacent to an activating group) is 1. The van der Waals surface area contributed by atoms with Crippen LogP contribution in [0.1, 0.15) is 12.5 Å². The van der Waals surface area contributed by atoms with Crippen molar-refractivity contribution in [2.75, 3.05) is 30.3 Å². The molecule has 2 aromatic carbocycles. The van der Waals surface area contributed by atoms with Gasteiger partial charge in [0.2, 0.25) is 21.9 Å². The Morgan fingerprint density at radius 1 is 0.946 bits per heavy atom. The molecular formula is C26H28N6O3S2. The van der Waals surface area contributed by atoms with Gasteiger partial charge in [0, 0.05) is 36.2 Å². The largest absolute Gasteiger partial charge is 0.326 e. The van der Waals surface area contributed by atoms with Gasteiger partial charge in [0.05, 0.1) is 17.0 Å².